The Morgan fingerprint density at radius 3 is 2.70 bits per heavy atom. The molecule has 100 valence electrons. The van der Waals surface area contributed by atoms with Crippen LogP contribution in [0.25, 0.3) is 0 Å². The molecular weight excluding hydrogens is 278 g/mol. The van der Waals surface area contributed by atoms with Gasteiger partial charge in [0.05, 0.1) is 16.2 Å². The molecule has 0 heterocycles. The number of hydrogen-bond acceptors (Lipinski definition) is 4. The van der Waals surface area contributed by atoms with Crippen LogP contribution < -0.4 is 5.32 Å². The molecule has 0 saturated heterocycles. The van der Waals surface area contributed by atoms with Gasteiger partial charge in [0.2, 0.25) is 0 Å². The standard InChI is InChI=1S/C14H10ClN3O2/c15-13-4-2-1-3-10(13)9-17-14-6-5-12(18(19)20)7-11(14)8-16/h1-7,17H,9H2. The largest absolute Gasteiger partial charge is 0.380 e. The number of nitriles is 1. The van der Waals surface area contributed by atoms with Gasteiger partial charge in [0.25, 0.3) is 5.69 Å². The van der Waals surface area contributed by atoms with E-state index in [-0.39, 0.29) is 11.3 Å². The van der Waals surface area contributed by atoms with Gasteiger partial charge in [0, 0.05) is 23.7 Å². The maximum absolute atomic E-state index is 10.7. The number of benzene rings is 2. The molecule has 1 N–H and O–H groups in total. The first-order valence-electron chi connectivity index (χ1n) is 5.77. The zero-order chi connectivity index (χ0) is 14.5. The summed E-state index contributed by atoms with van der Waals surface area (Å²) in [7, 11) is 0. The van der Waals surface area contributed by atoms with Crippen molar-refractivity contribution in [2.75, 3.05) is 5.32 Å². The van der Waals surface area contributed by atoms with Crippen molar-refractivity contribution < 1.29 is 4.92 Å². The second-order valence-electron chi connectivity index (χ2n) is 4.04. The molecule has 2 aromatic carbocycles. The van der Waals surface area contributed by atoms with E-state index in [1.54, 1.807) is 6.07 Å². The quantitative estimate of drug-likeness (QED) is 0.686. The van der Waals surface area contributed by atoms with Gasteiger partial charge in [-0.2, -0.15) is 5.26 Å². The maximum atomic E-state index is 10.7. The van der Waals surface area contributed by atoms with Crippen LogP contribution in [0.4, 0.5) is 11.4 Å². The lowest BCUT2D eigenvalue weighted by Gasteiger charge is -2.09. The minimum atomic E-state index is -0.529. The predicted octanol–water partition coefficient (Wildman–Crippen LogP) is 3.73. The zero-order valence-corrected chi connectivity index (χ0v) is 11.1. The normalized spacial score (nSPS) is 9.80. The summed E-state index contributed by atoms with van der Waals surface area (Å²) >= 11 is 6.04. The van der Waals surface area contributed by atoms with Gasteiger partial charge in [-0.25, -0.2) is 0 Å². The van der Waals surface area contributed by atoms with Crippen molar-refractivity contribution in [2.45, 2.75) is 6.54 Å². The third kappa shape index (κ3) is 3.05. The second kappa shape index (κ2) is 6.04. The van der Waals surface area contributed by atoms with E-state index >= 15 is 0 Å². The number of nitrogens with one attached hydrogen (secondary N) is 1. The molecular formula is C14H10ClN3O2. The van der Waals surface area contributed by atoms with E-state index in [1.807, 2.05) is 24.3 Å². The van der Waals surface area contributed by atoms with Crippen molar-refractivity contribution in [1.29, 1.82) is 5.26 Å². The topological polar surface area (TPSA) is 79.0 Å². The van der Waals surface area contributed by atoms with Crippen LogP contribution in [0.15, 0.2) is 42.5 Å². The van der Waals surface area contributed by atoms with Crippen molar-refractivity contribution in [3.8, 4) is 6.07 Å². The van der Waals surface area contributed by atoms with Gasteiger partial charge >= 0.3 is 0 Å². The van der Waals surface area contributed by atoms with Crippen molar-refractivity contribution in [3.05, 3.63) is 68.7 Å². The zero-order valence-electron chi connectivity index (χ0n) is 10.3. The molecule has 0 spiro atoms. The van der Waals surface area contributed by atoms with E-state index in [1.165, 1.54) is 18.2 Å². The molecule has 6 heteroatoms. The van der Waals surface area contributed by atoms with Crippen molar-refractivity contribution in [3.63, 3.8) is 0 Å². The molecule has 0 atom stereocenters. The molecule has 2 rings (SSSR count). The van der Waals surface area contributed by atoms with Crippen LogP contribution in [0.2, 0.25) is 5.02 Å². The summed E-state index contributed by atoms with van der Waals surface area (Å²) in [6.45, 7) is 0.437. The number of rotatable bonds is 4. The van der Waals surface area contributed by atoms with Crippen molar-refractivity contribution in [1.82, 2.24) is 0 Å². The van der Waals surface area contributed by atoms with E-state index in [0.29, 0.717) is 17.3 Å². The van der Waals surface area contributed by atoms with Gasteiger partial charge < -0.3 is 5.32 Å². The van der Waals surface area contributed by atoms with Gasteiger partial charge in [-0.3, -0.25) is 10.1 Å². The second-order valence-corrected chi connectivity index (χ2v) is 4.45. The monoisotopic (exact) mass is 287 g/mol. The van der Waals surface area contributed by atoms with Crippen LogP contribution in [-0.4, -0.2) is 4.92 Å². The number of halogens is 1. The minimum absolute atomic E-state index is 0.107. The molecule has 0 radical (unpaired) electrons. The molecule has 0 amide bonds. The van der Waals surface area contributed by atoms with E-state index in [2.05, 4.69) is 5.32 Å². The molecule has 0 aliphatic carbocycles. The lowest BCUT2D eigenvalue weighted by atomic mass is 10.1. The molecule has 0 bridgehead atoms. The summed E-state index contributed by atoms with van der Waals surface area (Å²) in [5, 5.41) is 23.4. The molecule has 0 fully saturated rings. The molecule has 0 aliphatic heterocycles. The highest BCUT2D eigenvalue weighted by Crippen LogP contribution is 2.23. The van der Waals surface area contributed by atoms with Crippen LogP contribution >= 0.6 is 11.6 Å². The number of nitro benzene ring substituents is 1. The van der Waals surface area contributed by atoms with Crippen LogP contribution in [0.1, 0.15) is 11.1 Å². The predicted molar refractivity (Wildman–Crippen MR) is 76.6 cm³/mol. The maximum Gasteiger partial charge on any atom is 0.270 e. The van der Waals surface area contributed by atoms with E-state index in [0.717, 1.165) is 5.56 Å². The van der Waals surface area contributed by atoms with Gasteiger partial charge in [-0.1, -0.05) is 29.8 Å². The van der Waals surface area contributed by atoms with E-state index in [4.69, 9.17) is 16.9 Å². The Morgan fingerprint density at radius 1 is 1.30 bits per heavy atom. The summed E-state index contributed by atoms with van der Waals surface area (Å²) in [5.74, 6) is 0. The van der Waals surface area contributed by atoms with Crippen LogP contribution in [-0.2, 0) is 6.54 Å². The molecule has 0 unspecified atom stereocenters. The molecule has 0 aromatic heterocycles. The van der Waals surface area contributed by atoms with Gasteiger partial charge in [0.15, 0.2) is 0 Å². The van der Waals surface area contributed by atoms with Crippen molar-refractivity contribution >= 4 is 23.0 Å². The molecule has 2 aromatic rings. The smallest absolute Gasteiger partial charge is 0.270 e. The van der Waals surface area contributed by atoms with Crippen LogP contribution in [0.3, 0.4) is 0 Å². The van der Waals surface area contributed by atoms with Crippen LogP contribution in [0, 0.1) is 21.4 Å². The highest BCUT2D eigenvalue weighted by molar-refractivity contribution is 6.31. The van der Waals surface area contributed by atoms with Crippen LogP contribution in [0.5, 0.6) is 0 Å². The Hall–Kier alpha value is -2.58. The number of nitrogens with zero attached hydrogens (tertiary/aromatic N) is 2. The Balaban J connectivity index is 2.20. The minimum Gasteiger partial charge on any atom is -0.380 e. The molecule has 5 nitrogen and oxygen atoms in total. The number of non-ortho nitro benzene ring substituents is 1. The Labute approximate surface area is 120 Å². The highest BCUT2D eigenvalue weighted by atomic mass is 35.5. The lowest BCUT2D eigenvalue weighted by molar-refractivity contribution is -0.384. The number of nitro groups is 1. The Kier molecular flexibility index (Phi) is 4.18. The summed E-state index contributed by atoms with van der Waals surface area (Å²) in [4.78, 5) is 10.1. The Morgan fingerprint density at radius 2 is 2.05 bits per heavy atom. The van der Waals surface area contributed by atoms with Gasteiger partial charge in [0.1, 0.15) is 6.07 Å². The van der Waals surface area contributed by atoms with E-state index in [9.17, 15) is 10.1 Å². The molecule has 0 saturated carbocycles. The first kappa shape index (κ1) is 13.8. The summed E-state index contributed by atoms with van der Waals surface area (Å²) in [6.07, 6.45) is 0. The van der Waals surface area contributed by atoms with Gasteiger partial charge in [-0.15, -0.1) is 0 Å². The molecule has 0 aliphatic rings. The average molecular weight is 288 g/mol. The fourth-order valence-corrected chi connectivity index (χ4v) is 1.93. The number of hydrogen-bond donors (Lipinski definition) is 1. The summed E-state index contributed by atoms with van der Waals surface area (Å²) in [5.41, 5.74) is 1.55. The molecule has 20 heavy (non-hydrogen) atoms. The summed E-state index contributed by atoms with van der Waals surface area (Å²) in [6, 6.07) is 13.4. The Bertz CT molecular complexity index is 695. The fourth-order valence-electron chi connectivity index (χ4n) is 1.72. The third-order valence-electron chi connectivity index (χ3n) is 2.76. The highest BCUT2D eigenvalue weighted by Gasteiger charge is 2.10. The first-order valence-corrected chi connectivity index (χ1v) is 6.15. The SMILES string of the molecule is N#Cc1cc([N+](=O)[O-])ccc1NCc1ccccc1Cl. The third-order valence-corrected chi connectivity index (χ3v) is 3.13. The summed E-state index contributed by atoms with van der Waals surface area (Å²) < 4.78 is 0. The van der Waals surface area contributed by atoms with Crippen molar-refractivity contribution in [2.24, 2.45) is 0 Å². The fraction of sp³-hybridized carbons (Fsp3) is 0.0714. The van der Waals surface area contributed by atoms with E-state index < -0.39 is 4.92 Å². The first-order chi connectivity index (χ1) is 9.61. The number of anilines is 1. The average Bonchev–Trinajstić information content (AvgIpc) is 2.46. The van der Waals surface area contributed by atoms with Gasteiger partial charge in [-0.05, 0) is 17.7 Å². The lowest BCUT2D eigenvalue weighted by Crippen LogP contribution is -2.02.